The van der Waals surface area contributed by atoms with Crippen LogP contribution < -0.4 is 10.1 Å². The van der Waals surface area contributed by atoms with E-state index in [9.17, 15) is 18.0 Å². The Morgan fingerprint density at radius 1 is 1.30 bits per heavy atom. The average Bonchev–Trinajstić information content (AvgIpc) is 2.76. The van der Waals surface area contributed by atoms with Crippen molar-refractivity contribution in [2.24, 2.45) is 7.05 Å². The second kappa shape index (κ2) is 6.31. The standard InChI is InChI=1S/C15H16F3N3O2/c1-9-8-21(3)20-13(9)14(22)19-10(2)11-4-6-12(7-5-11)23-15(16,17)18/h4-8,10H,1-3H3,(H,19,22)/t10-/m0/s1. The van der Waals surface area contributed by atoms with Gasteiger partial charge in [0.05, 0.1) is 6.04 Å². The summed E-state index contributed by atoms with van der Waals surface area (Å²) < 4.78 is 41.7. The van der Waals surface area contributed by atoms with Crippen LogP contribution >= 0.6 is 0 Å². The van der Waals surface area contributed by atoms with E-state index < -0.39 is 6.36 Å². The summed E-state index contributed by atoms with van der Waals surface area (Å²) in [5.74, 6) is -0.647. The van der Waals surface area contributed by atoms with Crippen molar-refractivity contribution in [1.29, 1.82) is 0 Å². The van der Waals surface area contributed by atoms with Crippen LogP contribution in [0.25, 0.3) is 0 Å². The minimum absolute atomic E-state index is 0.305. The fourth-order valence-corrected chi connectivity index (χ4v) is 2.14. The Hall–Kier alpha value is -2.51. The molecule has 8 heteroatoms. The highest BCUT2D eigenvalue weighted by molar-refractivity contribution is 5.93. The third-order valence-corrected chi connectivity index (χ3v) is 3.19. The smallest absolute Gasteiger partial charge is 0.406 e. The van der Waals surface area contributed by atoms with Crippen LogP contribution in [0.2, 0.25) is 0 Å². The van der Waals surface area contributed by atoms with E-state index in [1.54, 1.807) is 27.1 Å². The van der Waals surface area contributed by atoms with Crippen LogP contribution in [-0.4, -0.2) is 22.1 Å². The normalized spacial score (nSPS) is 12.8. The molecule has 23 heavy (non-hydrogen) atoms. The Balaban J connectivity index is 2.04. The van der Waals surface area contributed by atoms with Gasteiger partial charge in [-0.1, -0.05) is 12.1 Å². The number of carbonyl (C=O) groups excluding carboxylic acids is 1. The van der Waals surface area contributed by atoms with Crippen molar-refractivity contribution in [1.82, 2.24) is 15.1 Å². The first kappa shape index (κ1) is 16.9. The molecule has 0 aliphatic rings. The minimum Gasteiger partial charge on any atom is -0.406 e. The molecule has 1 heterocycles. The molecule has 0 aliphatic carbocycles. The number of nitrogens with zero attached hydrogens (tertiary/aromatic N) is 2. The number of hydrogen-bond acceptors (Lipinski definition) is 3. The molecule has 1 aromatic carbocycles. The summed E-state index contributed by atoms with van der Waals surface area (Å²) in [4.78, 5) is 12.2. The number of benzene rings is 1. The van der Waals surface area contributed by atoms with Gasteiger partial charge in [-0.2, -0.15) is 5.10 Å². The number of halogens is 3. The van der Waals surface area contributed by atoms with Gasteiger partial charge in [0.1, 0.15) is 5.75 Å². The fraction of sp³-hybridized carbons (Fsp3) is 0.333. The van der Waals surface area contributed by atoms with Gasteiger partial charge in [0, 0.05) is 18.8 Å². The van der Waals surface area contributed by atoms with E-state index in [2.05, 4.69) is 15.2 Å². The maximum atomic E-state index is 12.2. The maximum absolute atomic E-state index is 12.2. The maximum Gasteiger partial charge on any atom is 0.573 e. The Kier molecular flexibility index (Phi) is 4.63. The number of nitrogens with one attached hydrogen (secondary N) is 1. The number of ether oxygens (including phenoxy) is 1. The first-order chi connectivity index (χ1) is 10.7. The minimum atomic E-state index is -4.72. The number of aryl methyl sites for hydroxylation is 2. The van der Waals surface area contributed by atoms with Gasteiger partial charge in [0.25, 0.3) is 5.91 Å². The van der Waals surface area contributed by atoms with Crippen molar-refractivity contribution in [3.8, 4) is 5.75 Å². The molecule has 1 N–H and O–H groups in total. The number of carbonyl (C=O) groups is 1. The van der Waals surface area contributed by atoms with Crippen molar-refractivity contribution in [2.45, 2.75) is 26.3 Å². The van der Waals surface area contributed by atoms with Gasteiger partial charge in [-0.05, 0) is 31.5 Å². The third kappa shape index (κ3) is 4.48. The summed E-state index contributed by atoms with van der Waals surface area (Å²) in [5, 5.41) is 6.83. The van der Waals surface area contributed by atoms with E-state index in [1.165, 1.54) is 28.9 Å². The zero-order valence-corrected chi connectivity index (χ0v) is 12.8. The predicted molar refractivity (Wildman–Crippen MR) is 77.0 cm³/mol. The van der Waals surface area contributed by atoms with E-state index in [0.29, 0.717) is 11.3 Å². The Bertz CT molecular complexity index is 693. The van der Waals surface area contributed by atoms with Gasteiger partial charge < -0.3 is 10.1 Å². The van der Waals surface area contributed by atoms with Gasteiger partial charge in [-0.15, -0.1) is 13.2 Å². The lowest BCUT2D eigenvalue weighted by Crippen LogP contribution is -2.27. The van der Waals surface area contributed by atoms with Crippen molar-refractivity contribution in [2.75, 3.05) is 0 Å². The van der Waals surface area contributed by atoms with Gasteiger partial charge >= 0.3 is 6.36 Å². The molecule has 124 valence electrons. The Morgan fingerprint density at radius 3 is 2.39 bits per heavy atom. The zero-order chi connectivity index (χ0) is 17.2. The number of aromatic nitrogens is 2. The van der Waals surface area contributed by atoms with Crippen molar-refractivity contribution >= 4 is 5.91 Å². The van der Waals surface area contributed by atoms with E-state index in [1.807, 2.05) is 0 Å². The molecule has 0 aliphatic heterocycles. The summed E-state index contributed by atoms with van der Waals surface area (Å²) >= 11 is 0. The Labute approximate surface area is 131 Å². The summed E-state index contributed by atoms with van der Waals surface area (Å²) in [6.45, 7) is 3.51. The SMILES string of the molecule is Cc1cn(C)nc1C(=O)N[C@@H](C)c1ccc(OC(F)(F)F)cc1. The molecule has 0 spiro atoms. The zero-order valence-electron chi connectivity index (χ0n) is 12.8. The molecule has 2 rings (SSSR count). The van der Waals surface area contributed by atoms with Crippen LogP contribution in [0, 0.1) is 6.92 Å². The summed E-state index contributed by atoms with van der Waals surface area (Å²) in [6, 6.07) is 4.97. The summed E-state index contributed by atoms with van der Waals surface area (Å²) in [5.41, 5.74) is 1.71. The second-order valence-electron chi connectivity index (χ2n) is 5.15. The second-order valence-corrected chi connectivity index (χ2v) is 5.15. The first-order valence-electron chi connectivity index (χ1n) is 6.82. The molecule has 0 radical (unpaired) electrons. The lowest BCUT2D eigenvalue weighted by atomic mass is 10.1. The molecule has 5 nitrogen and oxygen atoms in total. The quantitative estimate of drug-likeness (QED) is 0.939. The molecule has 1 aromatic heterocycles. The highest BCUT2D eigenvalue weighted by Gasteiger charge is 2.31. The van der Waals surface area contributed by atoms with E-state index >= 15 is 0 Å². The third-order valence-electron chi connectivity index (χ3n) is 3.19. The summed E-state index contributed by atoms with van der Waals surface area (Å²) in [6.07, 6.45) is -3.00. The number of amides is 1. The van der Waals surface area contributed by atoms with Crippen LogP contribution in [0.1, 0.15) is 34.6 Å². The molecule has 0 unspecified atom stereocenters. The van der Waals surface area contributed by atoms with Crippen LogP contribution in [0.15, 0.2) is 30.5 Å². The van der Waals surface area contributed by atoms with Gasteiger partial charge in [0.15, 0.2) is 5.69 Å². The molecular formula is C15H16F3N3O2. The predicted octanol–water partition coefficient (Wildman–Crippen LogP) is 3.12. The average molecular weight is 327 g/mol. The van der Waals surface area contributed by atoms with Crippen LogP contribution in [0.3, 0.4) is 0 Å². The van der Waals surface area contributed by atoms with Crippen molar-refractivity contribution < 1.29 is 22.7 Å². The molecule has 0 bridgehead atoms. The topological polar surface area (TPSA) is 56.2 Å². The Morgan fingerprint density at radius 2 is 1.91 bits per heavy atom. The lowest BCUT2D eigenvalue weighted by Gasteiger charge is -2.15. The fourth-order valence-electron chi connectivity index (χ4n) is 2.14. The largest absolute Gasteiger partial charge is 0.573 e. The monoisotopic (exact) mass is 327 g/mol. The number of hydrogen-bond donors (Lipinski definition) is 1. The highest BCUT2D eigenvalue weighted by Crippen LogP contribution is 2.24. The van der Waals surface area contributed by atoms with Gasteiger partial charge in [-0.25, -0.2) is 0 Å². The van der Waals surface area contributed by atoms with E-state index in [0.717, 1.165) is 5.56 Å². The van der Waals surface area contributed by atoms with Crippen LogP contribution in [-0.2, 0) is 7.05 Å². The molecule has 0 fully saturated rings. The van der Waals surface area contributed by atoms with E-state index in [-0.39, 0.29) is 17.7 Å². The van der Waals surface area contributed by atoms with Crippen LogP contribution in [0.4, 0.5) is 13.2 Å². The molecule has 2 aromatic rings. The molecule has 1 amide bonds. The molecule has 0 saturated heterocycles. The molecule has 0 saturated carbocycles. The van der Waals surface area contributed by atoms with Gasteiger partial charge in [-0.3, -0.25) is 9.48 Å². The first-order valence-corrected chi connectivity index (χ1v) is 6.82. The highest BCUT2D eigenvalue weighted by atomic mass is 19.4. The number of alkyl halides is 3. The molecule has 1 atom stereocenters. The molecular weight excluding hydrogens is 311 g/mol. The van der Waals surface area contributed by atoms with E-state index in [4.69, 9.17) is 0 Å². The number of rotatable bonds is 4. The summed E-state index contributed by atoms with van der Waals surface area (Å²) in [7, 11) is 1.71. The lowest BCUT2D eigenvalue weighted by molar-refractivity contribution is -0.274. The van der Waals surface area contributed by atoms with Crippen molar-refractivity contribution in [3.63, 3.8) is 0 Å². The van der Waals surface area contributed by atoms with Crippen molar-refractivity contribution in [3.05, 3.63) is 47.3 Å². The van der Waals surface area contributed by atoms with Gasteiger partial charge in [0.2, 0.25) is 0 Å². The van der Waals surface area contributed by atoms with Crippen LogP contribution in [0.5, 0.6) is 5.75 Å².